The first-order valence-corrected chi connectivity index (χ1v) is 6.79. The molecule has 2 nitrogen and oxygen atoms in total. The van der Waals surface area contributed by atoms with Crippen LogP contribution in [0.25, 0.3) is 0 Å². The van der Waals surface area contributed by atoms with Crippen LogP contribution < -0.4 is 5.32 Å². The van der Waals surface area contributed by atoms with E-state index in [0.29, 0.717) is 6.10 Å². The molecule has 0 radical (unpaired) electrons. The number of ether oxygens (including phenoxy) is 1. The molecule has 1 aliphatic carbocycles. The molecule has 1 N–H and O–H groups in total. The number of nitrogens with one attached hydrogen (secondary N) is 1. The van der Waals surface area contributed by atoms with Gasteiger partial charge in [0.1, 0.15) is 0 Å². The fourth-order valence-electron chi connectivity index (χ4n) is 2.09. The second-order valence-electron chi connectivity index (χ2n) is 4.74. The van der Waals surface area contributed by atoms with E-state index in [1.807, 2.05) is 0 Å². The molecule has 1 aliphatic rings. The van der Waals surface area contributed by atoms with Gasteiger partial charge < -0.3 is 10.1 Å². The summed E-state index contributed by atoms with van der Waals surface area (Å²) in [6.45, 7) is 5.02. The van der Waals surface area contributed by atoms with E-state index in [1.165, 1.54) is 30.4 Å². The Balaban J connectivity index is 1.85. The van der Waals surface area contributed by atoms with Gasteiger partial charge >= 0.3 is 0 Å². The van der Waals surface area contributed by atoms with E-state index in [4.69, 9.17) is 4.74 Å². The van der Waals surface area contributed by atoms with Crippen molar-refractivity contribution in [1.82, 2.24) is 5.32 Å². The minimum atomic E-state index is 0.525. The summed E-state index contributed by atoms with van der Waals surface area (Å²) in [5.74, 6) is 0. The molecule has 0 atom stereocenters. The smallest absolute Gasteiger partial charge is 0.0723 e. The van der Waals surface area contributed by atoms with E-state index in [-0.39, 0.29) is 0 Å². The number of hydrogen-bond acceptors (Lipinski definition) is 2. The van der Waals surface area contributed by atoms with Gasteiger partial charge in [-0.3, -0.25) is 0 Å². The van der Waals surface area contributed by atoms with Crippen molar-refractivity contribution in [1.29, 1.82) is 0 Å². The van der Waals surface area contributed by atoms with Crippen molar-refractivity contribution >= 4 is 0 Å². The molecule has 1 fully saturated rings. The van der Waals surface area contributed by atoms with Crippen molar-refractivity contribution in [2.24, 2.45) is 0 Å². The van der Waals surface area contributed by atoms with Crippen LogP contribution in [0.4, 0.5) is 0 Å². The highest BCUT2D eigenvalue weighted by atomic mass is 16.5. The van der Waals surface area contributed by atoms with Crippen LogP contribution in [0.5, 0.6) is 0 Å². The fourth-order valence-corrected chi connectivity index (χ4v) is 2.09. The van der Waals surface area contributed by atoms with Crippen LogP contribution in [0, 0.1) is 0 Å². The van der Waals surface area contributed by atoms with Crippen LogP contribution >= 0.6 is 0 Å². The molecule has 0 spiro atoms. The summed E-state index contributed by atoms with van der Waals surface area (Å²) in [6, 6.07) is 8.64. The summed E-state index contributed by atoms with van der Waals surface area (Å²) < 4.78 is 5.89. The first kappa shape index (κ1) is 12.6. The molecule has 0 aromatic heterocycles. The third-order valence-corrected chi connectivity index (χ3v) is 3.47. The Morgan fingerprint density at radius 1 is 1.24 bits per heavy atom. The van der Waals surface area contributed by atoms with Gasteiger partial charge in [-0.2, -0.15) is 0 Å². The Labute approximate surface area is 104 Å². The minimum absolute atomic E-state index is 0.525. The SMILES string of the molecule is CCNCCc1ccccc1COC1CCC1. The van der Waals surface area contributed by atoms with E-state index < -0.39 is 0 Å². The Morgan fingerprint density at radius 2 is 2.00 bits per heavy atom. The number of rotatable bonds is 7. The number of benzene rings is 1. The predicted molar refractivity (Wildman–Crippen MR) is 71.1 cm³/mol. The standard InChI is InChI=1S/C15H23NO/c1-2-16-11-10-13-6-3-4-7-14(13)12-17-15-8-5-9-15/h3-4,6-7,15-16H,2,5,8-12H2,1H3. The summed E-state index contributed by atoms with van der Waals surface area (Å²) in [7, 11) is 0. The fraction of sp³-hybridized carbons (Fsp3) is 0.600. The highest BCUT2D eigenvalue weighted by molar-refractivity contribution is 5.26. The van der Waals surface area contributed by atoms with Crippen molar-refractivity contribution in [2.45, 2.75) is 45.3 Å². The van der Waals surface area contributed by atoms with Gasteiger partial charge in [0.25, 0.3) is 0 Å². The lowest BCUT2D eigenvalue weighted by Crippen LogP contribution is -2.22. The van der Waals surface area contributed by atoms with Crippen molar-refractivity contribution in [2.75, 3.05) is 13.1 Å². The minimum Gasteiger partial charge on any atom is -0.374 e. The second kappa shape index (κ2) is 6.77. The van der Waals surface area contributed by atoms with Gasteiger partial charge in [-0.25, -0.2) is 0 Å². The largest absolute Gasteiger partial charge is 0.374 e. The maximum absolute atomic E-state index is 5.89. The van der Waals surface area contributed by atoms with Gasteiger partial charge in [0.15, 0.2) is 0 Å². The summed E-state index contributed by atoms with van der Waals surface area (Å²) in [5.41, 5.74) is 2.78. The van der Waals surface area contributed by atoms with Crippen LogP contribution in [0.3, 0.4) is 0 Å². The lowest BCUT2D eigenvalue weighted by atomic mass is 9.96. The highest BCUT2D eigenvalue weighted by Gasteiger charge is 2.17. The Bertz CT molecular complexity index is 333. The summed E-state index contributed by atoms with van der Waals surface area (Å²) in [5, 5.41) is 3.37. The average molecular weight is 233 g/mol. The zero-order chi connectivity index (χ0) is 11.9. The van der Waals surface area contributed by atoms with Gasteiger partial charge in [0.2, 0.25) is 0 Å². The lowest BCUT2D eigenvalue weighted by Gasteiger charge is -2.26. The molecule has 2 heteroatoms. The molecule has 94 valence electrons. The molecule has 0 amide bonds. The zero-order valence-electron chi connectivity index (χ0n) is 10.7. The lowest BCUT2D eigenvalue weighted by molar-refractivity contribution is -0.00893. The van der Waals surface area contributed by atoms with Crippen LogP contribution in [0.2, 0.25) is 0 Å². The Kier molecular flexibility index (Phi) is 5.02. The number of hydrogen-bond donors (Lipinski definition) is 1. The molecule has 0 aliphatic heterocycles. The molecule has 1 saturated carbocycles. The molecule has 17 heavy (non-hydrogen) atoms. The van der Waals surface area contributed by atoms with Gasteiger partial charge in [0, 0.05) is 0 Å². The maximum atomic E-state index is 5.89. The summed E-state index contributed by atoms with van der Waals surface area (Å²) in [6.07, 6.45) is 5.46. The summed E-state index contributed by atoms with van der Waals surface area (Å²) in [4.78, 5) is 0. The van der Waals surface area contributed by atoms with E-state index in [9.17, 15) is 0 Å². The van der Waals surface area contributed by atoms with Crippen molar-refractivity contribution in [3.05, 3.63) is 35.4 Å². The van der Waals surface area contributed by atoms with Crippen molar-refractivity contribution in [3.63, 3.8) is 0 Å². The maximum Gasteiger partial charge on any atom is 0.0723 e. The van der Waals surface area contributed by atoms with Crippen LogP contribution in [0.15, 0.2) is 24.3 Å². The number of likely N-dealkylation sites (N-methyl/N-ethyl adjacent to an activating group) is 1. The van der Waals surface area contributed by atoms with E-state index in [1.54, 1.807) is 0 Å². The second-order valence-corrected chi connectivity index (χ2v) is 4.74. The topological polar surface area (TPSA) is 21.3 Å². The quantitative estimate of drug-likeness (QED) is 0.731. The van der Waals surface area contributed by atoms with Crippen molar-refractivity contribution < 1.29 is 4.74 Å². The van der Waals surface area contributed by atoms with Crippen LogP contribution in [-0.4, -0.2) is 19.2 Å². The molecule has 1 aromatic carbocycles. The van der Waals surface area contributed by atoms with Gasteiger partial charge in [-0.05, 0) is 49.9 Å². The Morgan fingerprint density at radius 3 is 2.65 bits per heavy atom. The van der Waals surface area contributed by atoms with E-state index in [2.05, 4.69) is 36.5 Å². The molecule has 0 bridgehead atoms. The Hall–Kier alpha value is -0.860. The van der Waals surface area contributed by atoms with Gasteiger partial charge in [-0.1, -0.05) is 31.2 Å². The molecule has 0 heterocycles. The van der Waals surface area contributed by atoms with Gasteiger partial charge in [-0.15, -0.1) is 0 Å². The molecular weight excluding hydrogens is 210 g/mol. The molecule has 2 rings (SSSR count). The molecule has 0 unspecified atom stereocenters. The van der Waals surface area contributed by atoms with Crippen molar-refractivity contribution in [3.8, 4) is 0 Å². The third kappa shape index (κ3) is 3.83. The van der Waals surface area contributed by atoms with Crippen LogP contribution in [-0.2, 0) is 17.8 Å². The predicted octanol–water partition coefficient (Wildman–Crippen LogP) is 2.91. The first-order valence-electron chi connectivity index (χ1n) is 6.79. The first-order chi connectivity index (χ1) is 8.40. The monoisotopic (exact) mass is 233 g/mol. The molecule has 0 saturated heterocycles. The van der Waals surface area contributed by atoms with Gasteiger partial charge in [0.05, 0.1) is 12.7 Å². The summed E-state index contributed by atoms with van der Waals surface area (Å²) >= 11 is 0. The highest BCUT2D eigenvalue weighted by Crippen LogP contribution is 2.23. The zero-order valence-corrected chi connectivity index (χ0v) is 10.7. The third-order valence-electron chi connectivity index (χ3n) is 3.47. The van der Waals surface area contributed by atoms with E-state index in [0.717, 1.165) is 26.1 Å². The average Bonchev–Trinajstić information content (AvgIpc) is 2.29. The normalized spacial score (nSPS) is 15.8. The van der Waals surface area contributed by atoms with E-state index >= 15 is 0 Å². The molecule has 1 aromatic rings. The molecular formula is C15H23NO. The van der Waals surface area contributed by atoms with Crippen LogP contribution in [0.1, 0.15) is 37.3 Å².